The maximum atomic E-state index is 11.9. The molecule has 18 heavy (non-hydrogen) atoms. The number of aryl methyl sites for hydroxylation is 1. The smallest absolute Gasteiger partial charge is 0.224 e. The Balaban J connectivity index is 1.88. The topological polar surface area (TPSA) is 29.1 Å². The Morgan fingerprint density at radius 2 is 2.17 bits per heavy atom. The molecule has 1 aliphatic heterocycles. The van der Waals surface area contributed by atoms with Crippen LogP contribution >= 0.6 is 23.4 Å². The van der Waals surface area contributed by atoms with Gasteiger partial charge in [0.15, 0.2) is 0 Å². The van der Waals surface area contributed by atoms with Crippen LogP contribution in [0.1, 0.15) is 24.8 Å². The van der Waals surface area contributed by atoms with Crippen molar-refractivity contribution in [2.45, 2.75) is 26.2 Å². The molecule has 2 nitrogen and oxygen atoms in total. The monoisotopic (exact) mass is 283 g/mol. The Kier molecular flexibility index (Phi) is 4.95. The van der Waals surface area contributed by atoms with Gasteiger partial charge >= 0.3 is 0 Å². The van der Waals surface area contributed by atoms with Crippen LogP contribution in [0, 0.1) is 12.8 Å². The van der Waals surface area contributed by atoms with Crippen molar-refractivity contribution >= 4 is 35.0 Å². The van der Waals surface area contributed by atoms with E-state index in [1.807, 2.05) is 36.9 Å². The second-order valence-electron chi connectivity index (χ2n) is 4.77. The highest BCUT2D eigenvalue weighted by atomic mass is 35.5. The van der Waals surface area contributed by atoms with Gasteiger partial charge in [-0.3, -0.25) is 4.79 Å². The first-order valence-electron chi connectivity index (χ1n) is 6.29. The average Bonchev–Trinajstić information content (AvgIpc) is 2.35. The van der Waals surface area contributed by atoms with Gasteiger partial charge in [0.1, 0.15) is 0 Å². The molecule has 4 heteroatoms. The van der Waals surface area contributed by atoms with Crippen LogP contribution in [0.25, 0.3) is 0 Å². The summed E-state index contributed by atoms with van der Waals surface area (Å²) in [5.41, 5.74) is 1.82. The molecule has 0 bridgehead atoms. The first-order valence-corrected chi connectivity index (χ1v) is 7.82. The molecule has 0 spiro atoms. The van der Waals surface area contributed by atoms with Crippen LogP contribution in [0.5, 0.6) is 0 Å². The van der Waals surface area contributed by atoms with Crippen LogP contribution < -0.4 is 5.32 Å². The van der Waals surface area contributed by atoms with Gasteiger partial charge < -0.3 is 5.32 Å². The molecule has 1 heterocycles. The van der Waals surface area contributed by atoms with Crippen molar-refractivity contribution in [1.82, 2.24) is 0 Å². The highest BCUT2D eigenvalue weighted by Gasteiger charge is 2.17. The van der Waals surface area contributed by atoms with Gasteiger partial charge in [0.05, 0.1) is 0 Å². The number of benzene rings is 1. The zero-order valence-electron chi connectivity index (χ0n) is 10.5. The standard InChI is InChI=1S/C14H18ClNOS/c1-10-2-3-12(9-13(10)15)16-14(17)8-11-4-6-18-7-5-11/h2-3,9,11H,4-8H2,1H3,(H,16,17). The average molecular weight is 284 g/mol. The Labute approximate surface area is 117 Å². The summed E-state index contributed by atoms with van der Waals surface area (Å²) < 4.78 is 0. The first-order chi connectivity index (χ1) is 8.65. The molecular formula is C14H18ClNOS. The zero-order valence-corrected chi connectivity index (χ0v) is 12.1. The molecule has 1 aromatic carbocycles. The van der Waals surface area contributed by atoms with Gasteiger partial charge in [0.25, 0.3) is 0 Å². The number of hydrogen-bond donors (Lipinski definition) is 1. The number of rotatable bonds is 3. The second-order valence-corrected chi connectivity index (χ2v) is 6.40. The van der Waals surface area contributed by atoms with Gasteiger partial charge in [-0.1, -0.05) is 17.7 Å². The van der Waals surface area contributed by atoms with E-state index < -0.39 is 0 Å². The largest absolute Gasteiger partial charge is 0.326 e. The summed E-state index contributed by atoms with van der Waals surface area (Å²) in [5, 5.41) is 3.62. The van der Waals surface area contributed by atoms with Crippen molar-refractivity contribution < 1.29 is 4.79 Å². The molecule has 1 N–H and O–H groups in total. The zero-order chi connectivity index (χ0) is 13.0. The molecule has 0 atom stereocenters. The molecule has 1 saturated heterocycles. The highest BCUT2D eigenvalue weighted by Crippen LogP contribution is 2.26. The lowest BCUT2D eigenvalue weighted by Gasteiger charge is -2.20. The molecule has 1 aromatic rings. The van der Waals surface area contributed by atoms with Crippen molar-refractivity contribution in [3.8, 4) is 0 Å². The summed E-state index contributed by atoms with van der Waals surface area (Å²) in [6.07, 6.45) is 2.95. The predicted molar refractivity (Wildman–Crippen MR) is 79.5 cm³/mol. The molecule has 0 radical (unpaired) electrons. The van der Waals surface area contributed by atoms with E-state index in [4.69, 9.17) is 11.6 Å². The van der Waals surface area contributed by atoms with Crippen LogP contribution in [0.3, 0.4) is 0 Å². The second kappa shape index (κ2) is 6.48. The third-order valence-corrected chi connectivity index (χ3v) is 4.73. The van der Waals surface area contributed by atoms with E-state index >= 15 is 0 Å². The van der Waals surface area contributed by atoms with Crippen molar-refractivity contribution in [2.24, 2.45) is 5.92 Å². The van der Waals surface area contributed by atoms with E-state index in [9.17, 15) is 4.79 Å². The number of carbonyl (C=O) groups excluding carboxylic acids is 1. The van der Waals surface area contributed by atoms with Crippen molar-refractivity contribution in [1.29, 1.82) is 0 Å². The normalized spacial score (nSPS) is 16.6. The molecule has 1 amide bonds. The molecule has 0 aliphatic carbocycles. The van der Waals surface area contributed by atoms with E-state index in [-0.39, 0.29) is 5.91 Å². The summed E-state index contributed by atoms with van der Waals surface area (Å²) in [5.74, 6) is 3.03. The number of carbonyl (C=O) groups is 1. The van der Waals surface area contributed by atoms with E-state index in [0.29, 0.717) is 17.4 Å². The molecular weight excluding hydrogens is 266 g/mol. The number of amides is 1. The van der Waals surface area contributed by atoms with Gasteiger partial charge in [-0.2, -0.15) is 11.8 Å². The fraction of sp³-hybridized carbons (Fsp3) is 0.500. The minimum absolute atomic E-state index is 0.104. The van der Waals surface area contributed by atoms with Gasteiger partial charge in [0.2, 0.25) is 5.91 Å². The van der Waals surface area contributed by atoms with E-state index in [1.165, 1.54) is 11.5 Å². The number of halogens is 1. The SMILES string of the molecule is Cc1ccc(NC(=O)CC2CCSCC2)cc1Cl. The van der Waals surface area contributed by atoms with Crippen LogP contribution in [-0.4, -0.2) is 17.4 Å². The van der Waals surface area contributed by atoms with Crippen molar-refractivity contribution in [3.63, 3.8) is 0 Å². The van der Waals surface area contributed by atoms with E-state index in [1.54, 1.807) is 0 Å². The molecule has 1 fully saturated rings. The van der Waals surface area contributed by atoms with Crippen molar-refractivity contribution in [2.75, 3.05) is 16.8 Å². The van der Waals surface area contributed by atoms with Crippen LogP contribution in [0.4, 0.5) is 5.69 Å². The van der Waals surface area contributed by atoms with E-state index in [0.717, 1.165) is 24.1 Å². The van der Waals surface area contributed by atoms with Gasteiger partial charge in [-0.25, -0.2) is 0 Å². The summed E-state index contributed by atoms with van der Waals surface area (Å²) in [7, 11) is 0. The Bertz CT molecular complexity index is 430. The van der Waals surface area contributed by atoms with E-state index in [2.05, 4.69) is 5.32 Å². The summed E-state index contributed by atoms with van der Waals surface area (Å²) in [6.45, 7) is 1.95. The maximum Gasteiger partial charge on any atom is 0.224 e. The van der Waals surface area contributed by atoms with Crippen LogP contribution in [0.2, 0.25) is 5.02 Å². The summed E-state index contributed by atoms with van der Waals surface area (Å²) in [6, 6.07) is 5.64. The lowest BCUT2D eigenvalue weighted by molar-refractivity contribution is -0.117. The fourth-order valence-corrected chi connectivity index (χ4v) is 3.48. The van der Waals surface area contributed by atoms with Gasteiger partial charge in [0, 0.05) is 17.1 Å². The molecule has 1 aliphatic rings. The van der Waals surface area contributed by atoms with Crippen molar-refractivity contribution in [3.05, 3.63) is 28.8 Å². The molecule has 0 unspecified atom stereocenters. The number of thioether (sulfide) groups is 1. The molecule has 0 saturated carbocycles. The number of hydrogen-bond acceptors (Lipinski definition) is 2. The Morgan fingerprint density at radius 1 is 1.44 bits per heavy atom. The first kappa shape index (κ1) is 13.8. The lowest BCUT2D eigenvalue weighted by Crippen LogP contribution is -2.19. The van der Waals surface area contributed by atoms with Gasteiger partial charge in [-0.05, 0) is 54.9 Å². The Morgan fingerprint density at radius 3 is 2.83 bits per heavy atom. The quantitative estimate of drug-likeness (QED) is 0.904. The third kappa shape index (κ3) is 3.92. The minimum Gasteiger partial charge on any atom is -0.326 e. The fourth-order valence-electron chi connectivity index (χ4n) is 2.10. The minimum atomic E-state index is 0.104. The Hall–Kier alpha value is -0.670. The number of anilines is 1. The highest BCUT2D eigenvalue weighted by molar-refractivity contribution is 7.99. The molecule has 0 aromatic heterocycles. The predicted octanol–water partition coefficient (Wildman–Crippen LogP) is 4.12. The molecule has 2 rings (SSSR count). The lowest BCUT2D eigenvalue weighted by atomic mass is 9.98. The van der Waals surface area contributed by atoms with Gasteiger partial charge in [-0.15, -0.1) is 0 Å². The summed E-state index contributed by atoms with van der Waals surface area (Å²) >= 11 is 8.02. The maximum absolute atomic E-state index is 11.9. The third-order valence-electron chi connectivity index (χ3n) is 3.27. The summed E-state index contributed by atoms with van der Waals surface area (Å²) in [4.78, 5) is 11.9. The molecule has 98 valence electrons. The van der Waals surface area contributed by atoms with Crippen LogP contribution in [0.15, 0.2) is 18.2 Å². The number of nitrogens with one attached hydrogen (secondary N) is 1. The van der Waals surface area contributed by atoms with Crippen LogP contribution in [-0.2, 0) is 4.79 Å².